The van der Waals surface area contributed by atoms with E-state index in [9.17, 15) is 4.79 Å². The standard InChI is InChI=1S/C21H20N2O/c1-13-4-7-18-16(10-13)21(20(24)23(18)3)12-17(21)15-6-5-14-8-9-22(2)19(14)11-15/h4-11,17H,12H2,1-3H3. The summed E-state index contributed by atoms with van der Waals surface area (Å²) in [6.07, 6.45) is 3.01. The molecule has 24 heavy (non-hydrogen) atoms. The number of carbonyl (C=O) groups is 1. The van der Waals surface area contributed by atoms with E-state index in [-0.39, 0.29) is 17.2 Å². The van der Waals surface area contributed by atoms with Gasteiger partial charge in [-0.1, -0.05) is 29.8 Å². The zero-order chi connectivity index (χ0) is 16.6. The smallest absolute Gasteiger partial charge is 0.238 e. The zero-order valence-corrected chi connectivity index (χ0v) is 14.2. The van der Waals surface area contributed by atoms with Crippen LogP contribution >= 0.6 is 0 Å². The SMILES string of the molecule is Cc1ccc2c(c1)C1(CC1c1ccc3ccn(C)c3c1)C(=O)N2C. The van der Waals surface area contributed by atoms with Gasteiger partial charge in [-0.15, -0.1) is 0 Å². The third kappa shape index (κ3) is 1.55. The van der Waals surface area contributed by atoms with Crippen LogP contribution in [0.2, 0.25) is 0 Å². The number of nitrogens with zero attached hydrogens (tertiary/aromatic N) is 2. The lowest BCUT2D eigenvalue weighted by Gasteiger charge is -2.11. The molecule has 0 saturated heterocycles. The average molecular weight is 316 g/mol. The quantitative estimate of drug-likeness (QED) is 0.668. The summed E-state index contributed by atoms with van der Waals surface area (Å²) in [7, 11) is 3.98. The van der Waals surface area contributed by atoms with E-state index in [1.165, 1.54) is 27.6 Å². The highest BCUT2D eigenvalue weighted by Gasteiger charge is 2.66. The van der Waals surface area contributed by atoms with Crippen molar-refractivity contribution in [2.75, 3.05) is 11.9 Å². The molecule has 1 amide bonds. The summed E-state index contributed by atoms with van der Waals surface area (Å²) in [4.78, 5) is 14.9. The fourth-order valence-electron chi connectivity index (χ4n) is 4.52. The Labute approximate surface area is 141 Å². The molecule has 0 radical (unpaired) electrons. The number of carbonyl (C=O) groups excluding carboxylic acids is 1. The normalized spacial score (nSPS) is 24.9. The Kier molecular flexibility index (Phi) is 2.48. The summed E-state index contributed by atoms with van der Waals surface area (Å²) in [5.41, 5.74) is 5.69. The van der Waals surface area contributed by atoms with Crippen LogP contribution in [0.25, 0.3) is 10.9 Å². The van der Waals surface area contributed by atoms with Gasteiger partial charge in [0, 0.05) is 37.4 Å². The molecule has 1 aromatic heterocycles. The topological polar surface area (TPSA) is 25.2 Å². The van der Waals surface area contributed by atoms with Crippen molar-refractivity contribution in [3.05, 3.63) is 65.4 Å². The lowest BCUT2D eigenvalue weighted by molar-refractivity contribution is -0.120. The van der Waals surface area contributed by atoms with Gasteiger partial charge >= 0.3 is 0 Å². The Bertz CT molecular complexity index is 1020. The minimum absolute atomic E-state index is 0.250. The van der Waals surface area contributed by atoms with E-state index in [4.69, 9.17) is 0 Å². The first-order valence-corrected chi connectivity index (χ1v) is 8.46. The maximum atomic E-state index is 13.0. The minimum atomic E-state index is -0.338. The summed E-state index contributed by atoms with van der Waals surface area (Å²) < 4.78 is 2.15. The van der Waals surface area contributed by atoms with Gasteiger partial charge in [0.25, 0.3) is 0 Å². The maximum absolute atomic E-state index is 13.0. The first-order chi connectivity index (χ1) is 11.5. The number of hydrogen-bond acceptors (Lipinski definition) is 1. The molecule has 120 valence electrons. The lowest BCUT2D eigenvalue weighted by atomic mass is 9.91. The third-order valence-corrected chi connectivity index (χ3v) is 5.96. The second-order valence-electron chi connectivity index (χ2n) is 7.36. The molecule has 1 aliphatic heterocycles. The molecule has 3 nitrogen and oxygen atoms in total. The van der Waals surface area contributed by atoms with Gasteiger partial charge in [0.1, 0.15) is 0 Å². The predicted molar refractivity (Wildman–Crippen MR) is 96.5 cm³/mol. The molecule has 0 N–H and O–H groups in total. The van der Waals surface area contributed by atoms with E-state index in [0.717, 1.165) is 12.1 Å². The summed E-state index contributed by atoms with van der Waals surface area (Å²) >= 11 is 0. The number of likely N-dealkylation sites (N-methyl/N-ethyl adjacent to an activating group) is 1. The summed E-state index contributed by atoms with van der Waals surface area (Å²) in [6.45, 7) is 2.10. The van der Waals surface area contributed by atoms with Gasteiger partial charge in [0.2, 0.25) is 5.91 Å². The minimum Gasteiger partial charge on any atom is -0.351 e. The van der Waals surface area contributed by atoms with Gasteiger partial charge < -0.3 is 9.47 Å². The van der Waals surface area contributed by atoms with Crippen LogP contribution in [0, 0.1) is 6.92 Å². The predicted octanol–water partition coefficient (Wildman–Crippen LogP) is 3.89. The van der Waals surface area contributed by atoms with Crippen molar-refractivity contribution in [3.8, 4) is 0 Å². The van der Waals surface area contributed by atoms with E-state index < -0.39 is 0 Å². The van der Waals surface area contributed by atoms with Gasteiger partial charge in [0.15, 0.2) is 0 Å². The Hall–Kier alpha value is -2.55. The van der Waals surface area contributed by atoms with Crippen molar-refractivity contribution >= 4 is 22.5 Å². The molecule has 2 heterocycles. The number of aryl methyl sites for hydroxylation is 2. The lowest BCUT2D eigenvalue weighted by Crippen LogP contribution is -2.29. The first kappa shape index (κ1) is 13.8. The van der Waals surface area contributed by atoms with Gasteiger partial charge in [-0.05, 0) is 48.1 Å². The number of anilines is 1. The maximum Gasteiger partial charge on any atom is 0.238 e. The van der Waals surface area contributed by atoms with E-state index >= 15 is 0 Å². The summed E-state index contributed by atoms with van der Waals surface area (Å²) in [5, 5.41) is 1.25. The molecular weight excluding hydrogens is 296 g/mol. The number of rotatable bonds is 1. The van der Waals surface area contributed by atoms with Crippen LogP contribution in [-0.4, -0.2) is 17.5 Å². The highest BCUT2D eigenvalue weighted by Crippen LogP contribution is 2.66. The van der Waals surface area contributed by atoms with Crippen LogP contribution < -0.4 is 4.90 Å². The van der Waals surface area contributed by atoms with Crippen molar-refractivity contribution in [1.29, 1.82) is 0 Å². The largest absolute Gasteiger partial charge is 0.351 e. The second-order valence-corrected chi connectivity index (χ2v) is 7.36. The second kappa shape index (κ2) is 4.29. The Balaban J connectivity index is 1.65. The summed E-state index contributed by atoms with van der Waals surface area (Å²) in [5.74, 6) is 0.537. The van der Waals surface area contributed by atoms with Crippen LogP contribution in [-0.2, 0) is 17.3 Å². The molecular formula is C21H20N2O. The van der Waals surface area contributed by atoms with Gasteiger partial charge in [-0.25, -0.2) is 0 Å². The summed E-state index contributed by atoms with van der Waals surface area (Å²) in [6, 6.07) is 15.2. The Morgan fingerprint density at radius 1 is 1.08 bits per heavy atom. The molecule has 3 heteroatoms. The molecule has 1 saturated carbocycles. The molecule has 2 aromatic carbocycles. The van der Waals surface area contributed by atoms with Crippen LogP contribution in [0.3, 0.4) is 0 Å². The van der Waals surface area contributed by atoms with Crippen LogP contribution in [0.15, 0.2) is 48.7 Å². The van der Waals surface area contributed by atoms with Crippen molar-refractivity contribution in [1.82, 2.24) is 4.57 Å². The molecule has 5 rings (SSSR count). The monoisotopic (exact) mass is 316 g/mol. The Morgan fingerprint density at radius 2 is 1.92 bits per heavy atom. The van der Waals surface area contributed by atoms with Crippen LogP contribution in [0.4, 0.5) is 5.69 Å². The fourth-order valence-corrected chi connectivity index (χ4v) is 4.52. The molecule has 1 aliphatic carbocycles. The fraction of sp³-hybridized carbons (Fsp3) is 0.286. The van der Waals surface area contributed by atoms with E-state index in [1.54, 1.807) is 0 Å². The molecule has 2 atom stereocenters. The van der Waals surface area contributed by atoms with E-state index in [2.05, 4.69) is 67.2 Å². The van der Waals surface area contributed by atoms with Gasteiger partial charge in [0.05, 0.1) is 5.41 Å². The molecule has 0 bridgehead atoms. The third-order valence-electron chi connectivity index (χ3n) is 5.96. The van der Waals surface area contributed by atoms with Crippen molar-refractivity contribution < 1.29 is 4.79 Å². The highest BCUT2D eigenvalue weighted by molar-refractivity contribution is 6.11. The van der Waals surface area contributed by atoms with Crippen LogP contribution in [0.1, 0.15) is 29.0 Å². The van der Waals surface area contributed by atoms with Crippen molar-refractivity contribution in [3.63, 3.8) is 0 Å². The van der Waals surface area contributed by atoms with Gasteiger partial charge in [-0.2, -0.15) is 0 Å². The zero-order valence-electron chi connectivity index (χ0n) is 14.2. The molecule has 1 fully saturated rings. The average Bonchev–Trinajstić information content (AvgIpc) is 3.19. The Morgan fingerprint density at radius 3 is 2.75 bits per heavy atom. The molecule has 1 spiro atoms. The van der Waals surface area contributed by atoms with Gasteiger partial charge in [-0.3, -0.25) is 4.79 Å². The first-order valence-electron chi connectivity index (χ1n) is 8.46. The molecule has 2 unspecified atom stereocenters. The number of benzene rings is 2. The number of amides is 1. The number of fused-ring (bicyclic) bond motifs is 3. The number of hydrogen-bond donors (Lipinski definition) is 0. The molecule has 2 aliphatic rings. The van der Waals surface area contributed by atoms with Crippen molar-refractivity contribution in [2.45, 2.75) is 24.7 Å². The van der Waals surface area contributed by atoms with E-state index in [0.29, 0.717) is 0 Å². The van der Waals surface area contributed by atoms with Crippen LogP contribution in [0.5, 0.6) is 0 Å². The molecule has 3 aromatic rings. The highest BCUT2D eigenvalue weighted by atomic mass is 16.2. The van der Waals surface area contributed by atoms with Crippen molar-refractivity contribution in [2.24, 2.45) is 7.05 Å². The number of aromatic nitrogens is 1. The van der Waals surface area contributed by atoms with E-state index in [1.807, 2.05) is 11.9 Å².